The first-order valence-electron chi connectivity index (χ1n) is 7.83. The number of hydrogen-bond acceptors (Lipinski definition) is 4. The lowest BCUT2D eigenvalue weighted by atomic mass is 9.95. The van der Waals surface area contributed by atoms with E-state index in [2.05, 4.69) is 12.2 Å². The molecule has 0 saturated carbocycles. The van der Waals surface area contributed by atoms with Crippen LogP contribution in [0, 0.1) is 0 Å². The van der Waals surface area contributed by atoms with Gasteiger partial charge in [-0.25, -0.2) is 0 Å². The van der Waals surface area contributed by atoms with E-state index in [1.165, 1.54) is 6.42 Å². The molecule has 5 nitrogen and oxygen atoms in total. The summed E-state index contributed by atoms with van der Waals surface area (Å²) in [6, 6.07) is 0. The first-order valence-corrected chi connectivity index (χ1v) is 7.83. The van der Waals surface area contributed by atoms with E-state index in [9.17, 15) is 4.79 Å². The zero-order chi connectivity index (χ0) is 14.8. The maximum absolute atomic E-state index is 11.5. The maximum Gasteiger partial charge on any atom is 0.237 e. The van der Waals surface area contributed by atoms with Crippen LogP contribution in [-0.4, -0.2) is 43.9 Å². The van der Waals surface area contributed by atoms with E-state index in [0.29, 0.717) is 19.6 Å². The lowest BCUT2D eigenvalue weighted by Crippen LogP contribution is -2.53. The van der Waals surface area contributed by atoms with Gasteiger partial charge >= 0.3 is 0 Å². The molecule has 1 fully saturated rings. The monoisotopic (exact) mass is 286 g/mol. The highest BCUT2D eigenvalue weighted by molar-refractivity contribution is 5.84. The first kappa shape index (κ1) is 17.4. The van der Waals surface area contributed by atoms with Gasteiger partial charge in [0, 0.05) is 13.2 Å². The Morgan fingerprint density at radius 3 is 2.90 bits per heavy atom. The van der Waals surface area contributed by atoms with Crippen molar-refractivity contribution in [3.63, 3.8) is 0 Å². The van der Waals surface area contributed by atoms with E-state index < -0.39 is 5.54 Å². The zero-order valence-electron chi connectivity index (χ0n) is 13.0. The Hall–Kier alpha value is -0.650. The number of hydrogen-bond donors (Lipinski definition) is 2. The van der Waals surface area contributed by atoms with Crippen molar-refractivity contribution in [2.24, 2.45) is 5.73 Å². The molecule has 0 aromatic heterocycles. The van der Waals surface area contributed by atoms with Crippen LogP contribution in [0.3, 0.4) is 0 Å². The lowest BCUT2D eigenvalue weighted by molar-refractivity contribution is -0.124. The van der Waals surface area contributed by atoms with Crippen molar-refractivity contribution in [3.05, 3.63) is 0 Å². The predicted octanol–water partition coefficient (Wildman–Crippen LogP) is 1.60. The van der Waals surface area contributed by atoms with Crippen molar-refractivity contribution >= 4 is 5.91 Å². The van der Waals surface area contributed by atoms with Crippen molar-refractivity contribution in [1.29, 1.82) is 0 Å². The second-order valence-electron chi connectivity index (χ2n) is 5.79. The van der Waals surface area contributed by atoms with Crippen molar-refractivity contribution in [2.45, 2.75) is 64.0 Å². The standard InChI is InChI=1S/C15H30N2O3/c1-3-9-17-15(2,14(16)18)8-6-10-19-12-13-7-4-5-11-20-13/h13,17H,3-12H2,1-2H3,(H2,16,18). The molecule has 1 saturated heterocycles. The van der Waals surface area contributed by atoms with Crippen molar-refractivity contribution in [3.8, 4) is 0 Å². The Morgan fingerprint density at radius 1 is 1.50 bits per heavy atom. The zero-order valence-corrected chi connectivity index (χ0v) is 13.0. The molecule has 3 N–H and O–H groups in total. The smallest absolute Gasteiger partial charge is 0.237 e. The summed E-state index contributed by atoms with van der Waals surface area (Å²) in [5.41, 5.74) is 4.86. The molecule has 1 aliphatic heterocycles. The fourth-order valence-corrected chi connectivity index (χ4v) is 2.38. The number of ether oxygens (including phenoxy) is 2. The van der Waals surface area contributed by atoms with Gasteiger partial charge in [-0.05, 0) is 52.0 Å². The van der Waals surface area contributed by atoms with Gasteiger partial charge in [0.1, 0.15) is 0 Å². The van der Waals surface area contributed by atoms with Gasteiger partial charge in [0.05, 0.1) is 18.2 Å². The fourth-order valence-electron chi connectivity index (χ4n) is 2.38. The molecule has 1 aliphatic rings. The highest BCUT2D eigenvalue weighted by Crippen LogP contribution is 2.14. The largest absolute Gasteiger partial charge is 0.379 e. The summed E-state index contributed by atoms with van der Waals surface area (Å²) in [5.74, 6) is -0.290. The third-order valence-corrected chi connectivity index (χ3v) is 3.85. The molecule has 0 aliphatic carbocycles. The molecule has 1 rings (SSSR count). The van der Waals surface area contributed by atoms with Crippen LogP contribution in [0.15, 0.2) is 0 Å². The van der Waals surface area contributed by atoms with E-state index in [1.807, 2.05) is 6.92 Å². The molecule has 1 amide bonds. The predicted molar refractivity (Wildman–Crippen MR) is 79.5 cm³/mol. The molecule has 2 atom stereocenters. The van der Waals surface area contributed by atoms with Crippen molar-refractivity contribution in [1.82, 2.24) is 5.32 Å². The van der Waals surface area contributed by atoms with E-state index in [0.717, 1.165) is 38.8 Å². The Morgan fingerprint density at radius 2 is 2.30 bits per heavy atom. The fraction of sp³-hybridized carbons (Fsp3) is 0.933. The number of rotatable bonds is 10. The van der Waals surface area contributed by atoms with Crippen LogP contribution >= 0.6 is 0 Å². The van der Waals surface area contributed by atoms with Crippen molar-refractivity contribution < 1.29 is 14.3 Å². The van der Waals surface area contributed by atoms with Gasteiger partial charge in [-0.3, -0.25) is 4.79 Å². The Kier molecular flexibility index (Phi) is 8.11. The van der Waals surface area contributed by atoms with Gasteiger partial charge < -0.3 is 20.5 Å². The topological polar surface area (TPSA) is 73.6 Å². The number of nitrogens with two attached hydrogens (primary N) is 1. The van der Waals surface area contributed by atoms with E-state index in [4.69, 9.17) is 15.2 Å². The van der Waals surface area contributed by atoms with E-state index >= 15 is 0 Å². The molecule has 5 heteroatoms. The van der Waals surface area contributed by atoms with Crippen LogP contribution in [0.2, 0.25) is 0 Å². The number of primary amides is 1. The SMILES string of the molecule is CCCNC(C)(CCCOCC1CCCCO1)C(N)=O. The lowest BCUT2D eigenvalue weighted by Gasteiger charge is -2.27. The minimum atomic E-state index is -0.624. The Labute approximate surface area is 122 Å². The molecule has 0 aromatic carbocycles. The molecule has 118 valence electrons. The summed E-state index contributed by atoms with van der Waals surface area (Å²) < 4.78 is 11.3. The van der Waals surface area contributed by atoms with Crippen LogP contribution < -0.4 is 11.1 Å². The Bertz CT molecular complexity index is 280. The third-order valence-electron chi connectivity index (χ3n) is 3.85. The number of amides is 1. The minimum absolute atomic E-state index is 0.254. The van der Waals surface area contributed by atoms with Crippen LogP contribution in [0.25, 0.3) is 0 Å². The van der Waals surface area contributed by atoms with Crippen LogP contribution in [0.4, 0.5) is 0 Å². The number of nitrogens with one attached hydrogen (secondary N) is 1. The summed E-state index contributed by atoms with van der Waals surface area (Å²) >= 11 is 0. The van der Waals surface area contributed by atoms with E-state index in [-0.39, 0.29) is 12.0 Å². The summed E-state index contributed by atoms with van der Waals surface area (Å²) in [6.07, 6.45) is 6.25. The van der Waals surface area contributed by atoms with E-state index in [1.54, 1.807) is 0 Å². The highest BCUT2D eigenvalue weighted by atomic mass is 16.5. The average Bonchev–Trinajstić information content (AvgIpc) is 2.45. The molecule has 0 aromatic rings. The third kappa shape index (κ3) is 6.20. The maximum atomic E-state index is 11.5. The summed E-state index contributed by atoms with van der Waals surface area (Å²) in [7, 11) is 0. The molecule has 2 unspecified atom stereocenters. The van der Waals surface area contributed by atoms with Crippen LogP contribution in [0.1, 0.15) is 52.4 Å². The molecular formula is C15H30N2O3. The highest BCUT2D eigenvalue weighted by Gasteiger charge is 2.29. The second kappa shape index (κ2) is 9.32. The van der Waals surface area contributed by atoms with Gasteiger partial charge in [0.25, 0.3) is 0 Å². The minimum Gasteiger partial charge on any atom is -0.379 e. The van der Waals surface area contributed by atoms with Crippen LogP contribution in [-0.2, 0) is 14.3 Å². The van der Waals surface area contributed by atoms with Gasteiger partial charge in [-0.1, -0.05) is 6.92 Å². The molecule has 1 heterocycles. The van der Waals surface area contributed by atoms with Gasteiger partial charge in [-0.2, -0.15) is 0 Å². The summed E-state index contributed by atoms with van der Waals surface area (Å²) in [6.45, 7) is 6.91. The van der Waals surface area contributed by atoms with Gasteiger partial charge in [0.15, 0.2) is 0 Å². The Balaban J connectivity index is 2.15. The molecule has 0 spiro atoms. The number of carbonyl (C=O) groups is 1. The van der Waals surface area contributed by atoms with Gasteiger partial charge in [-0.15, -0.1) is 0 Å². The summed E-state index contributed by atoms with van der Waals surface area (Å²) in [4.78, 5) is 11.5. The quantitative estimate of drug-likeness (QED) is 0.598. The average molecular weight is 286 g/mol. The number of carbonyl (C=O) groups excluding carboxylic acids is 1. The first-order chi connectivity index (χ1) is 9.58. The van der Waals surface area contributed by atoms with Crippen LogP contribution in [0.5, 0.6) is 0 Å². The van der Waals surface area contributed by atoms with Crippen molar-refractivity contribution in [2.75, 3.05) is 26.4 Å². The van der Waals surface area contributed by atoms with Gasteiger partial charge in [0.2, 0.25) is 5.91 Å². The summed E-state index contributed by atoms with van der Waals surface area (Å²) in [5, 5.41) is 3.23. The molecule has 0 bridgehead atoms. The molecular weight excluding hydrogens is 256 g/mol. The second-order valence-corrected chi connectivity index (χ2v) is 5.79. The molecule has 0 radical (unpaired) electrons. The normalized spacial score (nSPS) is 22.4. The molecule has 20 heavy (non-hydrogen) atoms.